The van der Waals surface area contributed by atoms with Crippen LogP contribution in [0.25, 0.3) is 11.2 Å². The zero-order chi connectivity index (χ0) is 36.3. The number of rotatable bonds is 11. The molecule has 9 nitrogen and oxygen atoms in total. The average molecular weight is 711 g/mol. The smallest absolute Gasteiger partial charge is 0.256 e. The van der Waals surface area contributed by atoms with Crippen molar-refractivity contribution in [1.29, 1.82) is 0 Å². The Hall–Kier alpha value is -5.00. The number of imidazole rings is 1. The molecule has 0 radical (unpaired) electrons. The lowest BCUT2D eigenvalue weighted by Gasteiger charge is -2.41. The molecule has 6 aromatic rings. The number of ether oxygens (including phenoxy) is 1. The van der Waals surface area contributed by atoms with Gasteiger partial charge >= 0.3 is 0 Å². The van der Waals surface area contributed by atoms with Gasteiger partial charge in [0, 0.05) is 18.0 Å². The summed E-state index contributed by atoms with van der Waals surface area (Å²) in [5, 5.41) is 7.15. The van der Waals surface area contributed by atoms with Crippen molar-refractivity contribution >= 4 is 31.2 Å². The third-order valence-electron chi connectivity index (χ3n) is 10.6. The molecular weight excluding hydrogens is 665 g/mol. The number of carbonyl (C=O) groups excluding carboxylic acids is 1. The van der Waals surface area contributed by atoms with Gasteiger partial charge in [0.25, 0.3) is 5.91 Å². The number of benzene rings is 4. The predicted octanol–water partition coefficient (Wildman–Crippen LogP) is 8.34. The molecule has 266 valence electrons. The fraction of sp³-hybridized carbons (Fsp3) is 0.286. The number of nitrogens with one attached hydrogen (secondary N) is 2. The summed E-state index contributed by atoms with van der Waals surface area (Å²) in [6.07, 6.45) is 3.08. The second-order valence-corrected chi connectivity index (χ2v) is 19.7. The number of hydrogen-bond acceptors (Lipinski definition) is 7. The molecule has 1 aliphatic rings. The van der Waals surface area contributed by atoms with Gasteiger partial charge in [-0.25, -0.2) is 15.0 Å². The number of fused-ring (bicyclic) bond motifs is 1. The predicted molar refractivity (Wildman–Crippen MR) is 208 cm³/mol. The van der Waals surface area contributed by atoms with E-state index in [1.807, 2.05) is 22.8 Å². The molecule has 7 rings (SSSR count). The van der Waals surface area contributed by atoms with Crippen molar-refractivity contribution < 1.29 is 14.0 Å². The number of anilines is 1. The van der Waals surface area contributed by atoms with E-state index in [-0.39, 0.29) is 23.1 Å². The minimum Gasteiger partial charge on any atom is -0.414 e. The Morgan fingerprint density at radius 2 is 1.35 bits per heavy atom. The average Bonchev–Trinajstić information content (AvgIpc) is 3.78. The molecule has 52 heavy (non-hydrogen) atoms. The van der Waals surface area contributed by atoms with E-state index in [4.69, 9.17) is 14.1 Å². The van der Waals surface area contributed by atoms with Crippen molar-refractivity contribution in [3.05, 3.63) is 156 Å². The van der Waals surface area contributed by atoms with Gasteiger partial charge in [-0.15, -0.1) is 0 Å². The summed E-state index contributed by atoms with van der Waals surface area (Å²) in [7, 11) is -2.12. The van der Waals surface area contributed by atoms with Crippen LogP contribution in [0.15, 0.2) is 134 Å². The molecule has 4 aromatic carbocycles. The molecule has 10 heteroatoms. The first kappa shape index (κ1) is 35.4. The minimum atomic E-state index is -2.12. The van der Waals surface area contributed by atoms with Crippen molar-refractivity contribution in [1.82, 2.24) is 24.8 Å². The summed E-state index contributed by atoms with van der Waals surface area (Å²) in [6.45, 7) is 11.7. The zero-order valence-corrected chi connectivity index (χ0v) is 31.4. The summed E-state index contributed by atoms with van der Waals surface area (Å²) < 4.78 is 15.8. The van der Waals surface area contributed by atoms with Crippen LogP contribution in [0.4, 0.5) is 5.82 Å². The molecule has 3 atom stereocenters. The molecule has 1 aliphatic heterocycles. The van der Waals surface area contributed by atoms with Gasteiger partial charge in [-0.3, -0.25) is 14.7 Å². The van der Waals surface area contributed by atoms with E-state index in [0.29, 0.717) is 35.6 Å². The highest BCUT2D eigenvalue weighted by Crippen LogP contribution is 2.42. The van der Waals surface area contributed by atoms with Gasteiger partial charge < -0.3 is 14.5 Å². The number of carbonyl (C=O) groups is 1. The first-order valence-corrected chi connectivity index (χ1v) is 20.8. The maximum atomic E-state index is 13.1. The van der Waals surface area contributed by atoms with Crippen molar-refractivity contribution in [3.8, 4) is 0 Å². The largest absolute Gasteiger partial charge is 0.414 e. The van der Waals surface area contributed by atoms with Gasteiger partial charge in [-0.2, -0.15) is 0 Å². The van der Waals surface area contributed by atoms with Crippen LogP contribution in [-0.2, 0) is 14.7 Å². The van der Waals surface area contributed by atoms with Crippen LogP contribution < -0.4 is 10.6 Å². The SMILES string of the molecule is CC(C)(C)[Si](C)(C)OC[C@H]1O[C@@H](n2cnc3c(NC(=O)c4ccccc4)ncnc32)C[C@H]1NC(c1ccccc1)(c1ccccc1)c1ccccc1. The number of nitrogens with zero attached hydrogens (tertiary/aromatic N) is 4. The number of hydrogen-bond donors (Lipinski definition) is 2. The third-order valence-corrected chi connectivity index (χ3v) is 15.1. The van der Waals surface area contributed by atoms with Crippen molar-refractivity contribution in [2.24, 2.45) is 0 Å². The van der Waals surface area contributed by atoms with Crippen LogP contribution in [0.1, 0.15) is 60.5 Å². The maximum Gasteiger partial charge on any atom is 0.256 e. The minimum absolute atomic E-state index is 0.0356. The van der Waals surface area contributed by atoms with E-state index in [1.54, 1.807) is 18.5 Å². The summed E-state index contributed by atoms with van der Waals surface area (Å²) in [5.41, 5.74) is 4.28. The fourth-order valence-electron chi connectivity index (χ4n) is 6.73. The van der Waals surface area contributed by atoms with Crippen LogP contribution in [-0.4, -0.2) is 52.5 Å². The van der Waals surface area contributed by atoms with Crippen LogP contribution >= 0.6 is 0 Å². The lowest BCUT2D eigenvalue weighted by atomic mass is 9.76. The highest BCUT2D eigenvalue weighted by atomic mass is 28.4. The lowest BCUT2D eigenvalue weighted by Crippen LogP contribution is -2.54. The summed E-state index contributed by atoms with van der Waals surface area (Å²) in [6, 6.07) is 40.7. The summed E-state index contributed by atoms with van der Waals surface area (Å²) >= 11 is 0. The van der Waals surface area contributed by atoms with E-state index >= 15 is 0 Å². The first-order valence-electron chi connectivity index (χ1n) is 17.8. The van der Waals surface area contributed by atoms with Crippen LogP contribution in [0.2, 0.25) is 18.1 Å². The van der Waals surface area contributed by atoms with E-state index in [2.05, 4.69) is 145 Å². The Morgan fingerprint density at radius 1 is 0.808 bits per heavy atom. The maximum absolute atomic E-state index is 13.1. The van der Waals surface area contributed by atoms with E-state index in [9.17, 15) is 4.79 Å². The van der Waals surface area contributed by atoms with Crippen LogP contribution in [0.5, 0.6) is 0 Å². The number of aromatic nitrogens is 4. The molecule has 2 N–H and O–H groups in total. The van der Waals surface area contributed by atoms with E-state index in [1.165, 1.54) is 6.33 Å². The first-order chi connectivity index (χ1) is 25.1. The lowest BCUT2D eigenvalue weighted by molar-refractivity contribution is -0.0238. The highest BCUT2D eigenvalue weighted by Gasteiger charge is 2.46. The van der Waals surface area contributed by atoms with Gasteiger partial charge in [0.1, 0.15) is 12.6 Å². The summed E-state index contributed by atoms with van der Waals surface area (Å²) in [5.74, 6) is 0.0813. The molecule has 1 amide bonds. The van der Waals surface area contributed by atoms with Crippen molar-refractivity contribution in [2.75, 3.05) is 11.9 Å². The van der Waals surface area contributed by atoms with Gasteiger partial charge in [0.15, 0.2) is 25.3 Å². The second kappa shape index (κ2) is 14.6. The standard InChI is InChI=1S/C42H46N6O3Si/c1-41(2,3)52(4,5)50-27-35-34(47-42(31-20-12-7-13-21-31,32-22-14-8-15-23-32)33-24-16-9-17-25-33)26-36(51-35)48-29-45-37-38(43-28-44-39(37)48)46-40(49)30-18-10-6-11-19-30/h6-25,28-29,34-36,47H,26-27H2,1-5H3,(H,43,44,46,49)/t34-,35-,36-/m1/s1. The topological polar surface area (TPSA) is 103 Å². The van der Waals surface area contributed by atoms with Gasteiger partial charge in [0.2, 0.25) is 0 Å². The molecule has 0 unspecified atom stereocenters. The zero-order valence-electron chi connectivity index (χ0n) is 30.4. The highest BCUT2D eigenvalue weighted by molar-refractivity contribution is 6.74. The molecule has 0 bridgehead atoms. The molecule has 1 saturated heterocycles. The normalized spacial score (nSPS) is 18.1. The molecular formula is C42H46N6O3Si. The Balaban J connectivity index is 1.28. The van der Waals surface area contributed by atoms with E-state index in [0.717, 1.165) is 16.7 Å². The van der Waals surface area contributed by atoms with E-state index < -0.39 is 20.1 Å². The Kier molecular flexibility index (Phi) is 9.91. The number of amides is 1. The van der Waals surface area contributed by atoms with Gasteiger partial charge in [-0.05, 0) is 47.0 Å². The Bertz CT molecular complexity index is 2010. The summed E-state index contributed by atoms with van der Waals surface area (Å²) in [4.78, 5) is 26.8. The molecule has 0 spiro atoms. The van der Waals surface area contributed by atoms with Crippen LogP contribution in [0.3, 0.4) is 0 Å². The monoisotopic (exact) mass is 710 g/mol. The van der Waals surface area contributed by atoms with Crippen LogP contribution in [0, 0.1) is 0 Å². The van der Waals surface area contributed by atoms with Gasteiger partial charge in [-0.1, -0.05) is 130 Å². The molecule has 0 saturated carbocycles. The van der Waals surface area contributed by atoms with Crippen molar-refractivity contribution in [3.63, 3.8) is 0 Å². The third kappa shape index (κ3) is 6.94. The Morgan fingerprint density at radius 3 is 1.88 bits per heavy atom. The molecule has 0 aliphatic carbocycles. The van der Waals surface area contributed by atoms with Gasteiger partial charge in [0.05, 0.1) is 24.6 Å². The Labute approximate surface area is 306 Å². The quantitative estimate of drug-likeness (QED) is 0.103. The van der Waals surface area contributed by atoms with Crippen molar-refractivity contribution in [2.45, 2.75) is 69.2 Å². The molecule has 3 heterocycles. The fourth-order valence-corrected chi connectivity index (χ4v) is 7.74. The molecule has 1 fully saturated rings. The molecule has 2 aromatic heterocycles. The second-order valence-electron chi connectivity index (χ2n) is 14.9.